The molecule has 1 heterocycles. The van der Waals surface area contributed by atoms with Gasteiger partial charge in [0.25, 0.3) is 0 Å². The summed E-state index contributed by atoms with van der Waals surface area (Å²) in [7, 11) is 1.82. The zero-order valence-electron chi connectivity index (χ0n) is 15.4. The normalized spacial score (nSPS) is 15.5. The number of piperidine rings is 1. The number of likely N-dealkylation sites (tertiary alicyclic amines) is 1. The number of hydrogen-bond donors (Lipinski definition) is 2. The molecule has 2 amide bonds. The Balaban J connectivity index is 1.95. The number of urea groups is 1. The molecule has 0 spiro atoms. The molecule has 1 aliphatic heterocycles. The predicted molar refractivity (Wildman–Crippen MR) is 106 cm³/mol. The first-order chi connectivity index (χ1) is 12.3. The van der Waals surface area contributed by atoms with Crippen LogP contribution < -0.4 is 5.32 Å². The smallest absolute Gasteiger partial charge is 0.321 e. The van der Waals surface area contributed by atoms with Crippen molar-refractivity contribution in [3.8, 4) is 0 Å². The van der Waals surface area contributed by atoms with Crippen LogP contribution in [0.5, 0.6) is 0 Å². The Labute approximate surface area is 163 Å². The number of rotatable bonds is 6. The molecule has 0 bridgehead atoms. The highest BCUT2D eigenvalue weighted by atomic mass is 35.5. The number of likely N-dealkylation sites (N-methyl/N-ethyl adjacent to an activating group) is 1. The SMILES string of the molecule is CC(C)Sc1ccc(Cl)cc1NC(=O)N1CCC(N(C)CC(=O)O)CC1. The van der Waals surface area contributed by atoms with Crippen molar-refractivity contribution in [2.45, 2.75) is 42.9 Å². The Morgan fingerprint density at radius 1 is 1.38 bits per heavy atom. The quantitative estimate of drug-likeness (QED) is 0.711. The Morgan fingerprint density at radius 2 is 2.04 bits per heavy atom. The first-order valence-electron chi connectivity index (χ1n) is 8.70. The molecule has 0 aliphatic carbocycles. The van der Waals surface area contributed by atoms with Crippen LogP contribution in [0.3, 0.4) is 0 Å². The number of carbonyl (C=O) groups is 2. The lowest BCUT2D eigenvalue weighted by atomic mass is 10.0. The van der Waals surface area contributed by atoms with Crippen molar-refractivity contribution in [2.75, 3.05) is 32.0 Å². The van der Waals surface area contributed by atoms with Gasteiger partial charge in [0, 0.05) is 34.3 Å². The zero-order chi connectivity index (χ0) is 19.3. The molecular formula is C18H26ClN3O3S. The van der Waals surface area contributed by atoms with E-state index in [0.717, 1.165) is 23.4 Å². The number of thioether (sulfide) groups is 1. The first kappa shape index (κ1) is 20.9. The number of nitrogens with zero attached hydrogens (tertiary/aromatic N) is 2. The number of nitrogens with one attached hydrogen (secondary N) is 1. The van der Waals surface area contributed by atoms with E-state index in [4.69, 9.17) is 16.7 Å². The van der Waals surface area contributed by atoms with Gasteiger partial charge in [-0.3, -0.25) is 9.69 Å². The molecule has 2 N–H and O–H groups in total. The third-order valence-electron chi connectivity index (χ3n) is 4.31. The molecule has 0 radical (unpaired) electrons. The minimum atomic E-state index is -0.830. The number of carbonyl (C=O) groups excluding carboxylic acids is 1. The van der Waals surface area contributed by atoms with Crippen LogP contribution >= 0.6 is 23.4 Å². The van der Waals surface area contributed by atoms with E-state index in [1.54, 1.807) is 22.7 Å². The molecule has 0 aromatic heterocycles. The van der Waals surface area contributed by atoms with Gasteiger partial charge in [-0.05, 0) is 38.1 Å². The molecular weight excluding hydrogens is 374 g/mol. The van der Waals surface area contributed by atoms with Gasteiger partial charge in [0.15, 0.2) is 0 Å². The molecule has 8 heteroatoms. The lowest BCUT2D eigenvalue weighted by Crippen LogP contribution is -2.47. The lowest BCUT2D eigenvalue weighted by molar-refractivity contribution is -0.138. The Morgan fingerprint density at radius 3 is 2.62 bits per heavy atom. The highest BCUT2D eigenvalue weighted by molar-refractivity contribution is 8.00. The van der Waals surface area contributed by atoms with E-state index < -0.39 is 5.97 Å². The third-order valence-corrected chi connectivity index (χ3v) is 5.62. The van der Waals surface area contributed by atoms with Gasteiger partial charge in [0.1, 0.15) is 0 Å². The van der Waals surface area contributed by atoms with Crippen LogP contribution in [0.1, 0.15) is 26.7 Å². The Hall–Kier alpha value is -1.44. The van der Waals surface area contributed by atoms with E-state index in [-0.39, 0.29) is 18.6 Å². The second-order valence-electron chi connectivity index (χ2n) is 6.76. The summed E-state index contributed by atoms with van der Waals surface area (Å²) < 4.78 is 0. The van der Waals surface area contributed by atoms with Gasteiger partial charge < -0.3 is 15.3 Å². The van der Waals surface area contributed by atoms with Crippen LogP contribution in [0.2, 0.25) is 5.02 Å². The van der Waals surface area contributed by atoms with E-state index in [0.29, 0.717) is 23.4 Å². The highest BCUT2D eigenvalue weighted by Crippen LogP contribution is 2.33. The minimum absolute atomic E-state index is 0.0230. The lowest BCUT2D eigenvalue weighted by Gasteiger charge is -2.36. The summed E-state index contributed by atoms with van der Waals surface area (Å²) >= 11 is 7.77. The van der Waals surface area contributed by atoms with E-state index in [1.807, 2.05) is 24.1 Å². The van der Waals surface area contributed by atoms with E-state index in [2.05, 4.69) is 19.2 Å². The van der Waals surface area contributed by atoms with Crippen LogP contribution in [0, 0.1) is 0 Å². The number of amides is 2. The van der Waals surface area contributed by atoms with E-state index in [1.165, 1.54) is 0 Å². The summed E-state index contributed by atoms with van der Waals surface area (Å²) in [6.07, 6.45) is 1.53. The van der Waals surface area contributed by atoms with Gasteiger partial charge in [-0.2, -0.15) is 0 Å². The molecule has 1 fully saturated rings. The molecule has 0 unspecified atom stereocenters. The second-order valence-corrected chi connectivity index (χ2v) is 8.82. The molecule has 6 nitrogen and oxygen atoms in total. The summed E-state index contributed by atoms with van der Waals surface area (Å²) in [5.41, 5.74) is 0.728. The van der Waals surface area contributed by atoms with Crippen molar-refractivity contribution in [1.29, 1.82) is 0 Å². The maximum Gasteiger partial charge on any atom is 0.321 e. The average molecular weight is 400 g/mol. The van der Waals surface area contributed by atoms with Gasteiger partial charge in [-0.15, -0.1) is 11.8 Å². The molecule has 1 aromatic rings. The summed E-state index contributed by atoms with van der Waals surface area (Å²) in [5.74, 6) is -0.830. The third kappa shape index (κ3) is 6.07. The van der Waals surface area contributed by atoms with Gasteiger partial charge in [0.2, 0.25) is 0 Å². The number of benzene rings is 1. The number of carboxylic acids is 1. The monoisotopic (exact) mass is 399 g/mol. The van der Waals surface area contributed by atoms with Gasteiger partial charge in [-0.25, -0.2) is 4.79 Å². The van der Waals surface area contributed by atoms with Crippen molar-refractivity contribution in [3.63, 3.8) is 0 Å². The van der Waals surface area contributed by atoms with Gasteiger partial charge in [-0.1, -0.05) is 25.4 Å². The topological polar surface area (TPSA) is 72.9 Å². The molecule has 1 saturated heterocycles. The average Bonchev–Trinajstić information content (AvgIpc) is 2.56. The summed E-state index contributed by atoms with van der Waals surface area (Å²) in [5, 5.41) is 12.9. The molecule has 2 rings (SSSR count). The minimum Gasteiger partial charge on any atom is -0.480 e. The van der Waals surface area contributed by atoms with Crippen LogP contribution in [0.25, 0.3) is 0 Å². The Bertz CT molecular complexity index is 649. The van der Waals surface area contributed by atoms with Crippen molar-refractivity contribution < 1.29 is 14.7 Å². The molecule has 0 saturated carbocycles. The van der Waals surface area contributed by atoms with Crippen LogP contribution in [-0.4, -0.2) is 64.9 Å². The summed E-state index contributed by atoms with van der Waals surface area (Å²) in [6, 6.07) is 5.57. The van der Waals surface area contributed by atoms with E-state index in [9.17, 15) is 9.59 Å². The molecule has 26 heavy (non-hydrogen) atoms. The fraction of sp³-hybridized carbons (Fsp3) is 0.556. The fourth-order valence-corrected chi connectivity index (χ4v) is 4.07. The maximum absolute atomic E-state index is 12.6. The predicted octanol–water partition coefficient (Wildman–Crippen LogP) is 3.85. The number of anilines is 1. The standard InChI is InChI=1S/C18H26ClN3O3S/c1-12(2)26-16-5-4-13(19)10-15(16)20-18(25)22-8-6-14(7-9-22)21(3)11-17(23)24/h4-5,10,12,14H,6-9,11H2,1-3H3,(H,20,25)(H,23,24). The van der Waals surface area contributed by atoms with Crippen LogP contribution in [0.15, 0.2) is 23.1 Å². The zero-order valence-corrected chi connectivity index (χ0v) is 16.9. The number of carboxylic acid groups (broad SMARTS) is 1. The second kappa shape index (κ2) is 9.48. The maximum atomic E-state index is 12.6. The number of halogens is 1. The molecule has 1 aromatic carbocycles. The van der Waals surface area contributed by atoms with Crippen LogP contribution in [0.4, 0.5) is 10.5 Å². The summed E-state index contributed by atoms with van der Waals surface area (Å²) in [4.78, 5) is 28.1. The van der Waals surface area contributed by atoms with Crippen LogP contribution in [-0.2, 0) is 4.79 Å². The summed E-state index contributed by atoms with van der Waals surface area (Å²) in [6.45, 7) is 5.43. The van der Waals surface area contributed by atoms with Gasteiger partial charge >= 0.3 is 12.0 Å². The van der Waals surface area contributed by atoms with Crippen molar-refractivity contribution in [1.82, 2.24) is 9.80 Å². The van der Waals surface area contributed by atoms with Gasteiger partial charge in [0.05, 0.1) is 12.2 Å². The van der Waals surface area contributed by atoms with Crippen molar-refractivity contribution in [3.05, 3.63) is 23.2 Å². The molecule has 1 aliphatic rings. The van der Waals surface area contributed by atoms with Crippen molar-refractivity contribution >= 4 is 41.1 Å². The highest BCUT2D eigenvalue weighted by Gasteiger charge is 2.26. The number of aliphatic carboxylic acids is 1. The fourth-order valence-electron chi connectivity index (χ4n) is 3.00. The largest absolute Gasteiger partial charge is 0.480 e. The first-order valence-corrected chi connectivity index (χ1v) is 9.96. The van der Waals surface area contributed by atoms with E-state index >= 15 is 0 Å². The molecule has 144 valence electrons. The van der Waals surface area contributed by atoms with Crippen molar-refractivity contribution in [2.24, 2.45) is 0 Å². The molecule has 0 atom stereocenters. The number of hydrogen-bond acceptors (Lipinski definition) is 4. The Kier molecular flexibility index (Phi) is 7.61.